The van der Waals surface area contributed by atoms with E-state index in [1.165, 1.54) is 17.7 Å². The summed E-state index contributed by atoms with van der Waals surface area (Å²) in [6, 6.07) is 8.93. The van der Waals surface area contributed by atoms with Gasteiger partial charge >= 0.3 is 6.09 Å². The molecular weight excluding hydrogens is 487 g/mol. The van der Waals surface area contributed by atoms with E-state index in [1.54, 1.807) is 4.90 Å². The van der Waals surface area contributed by atoms with Gasteiger partial charge in [0.25, 0.3) is 0 Å². The lowest BCUT2D eigenvalue weighted by Crippen LogP contribution is -2.49. The number of piperazine rings is 1. The zero-order valence-electron chi connectivity index (χ0n) is 22.8. The van der Waals surface area contributed by atoms with E-state index in [2.05, 4.69) is 28.2 Å². The quantitative estimate of drug-likeness (QED) is 0.560. The molecule has 2 aliphatic rings. The zero-order chi connectivity index (χ0) is 27.3. The average Bonchev–Trinajstić information content (AvgIpc) is 2.87. The lowest BCUT2D eigenvalue weighted by molar-refractivity contribution is -0.121. The van der Waals surface area contributed by atoms with Gasteiger partial charge in [0.1, 0.15) is 17.5 Å². The van der Waals surface area contributed by atoms with Crippen LogP contribution in [0.15, 0.2) is 36.5 Å². The lowest BCUT2D eigenvalue weighted by atomic mass is 9.86. The first-order chi connectivity index (χ1) is 18.1. The second-order valence-corrected chi connectivity index (χ2v) is 11.3. The molecule has 206 valence electrons. The number of aromatic nitrogens is 1. The SMILES string of the molecule is Cc1cc(NC(=O)[C@H]2CC[C@H](Oc3ccc(F)cn3)CC2)ccc1CN1CCN(C(=O)OC(C)(C)C)CC1. The standard InChI is InChI=1S/C29H39FN4O4/c1-20-17-24(9-5-22(20)19-33-13-15-34(16-14-33)28(36)38-29(2,3)4)32-27(35)21-6-10-25(11-7-21)37-26-12-8-23(30)18-31-26/h5,8-9,12,17-18,21,25H,6-7,10-11,13-16,19H2,1-4H3,(H,32,35)/t21-,25-. The Morgan fingerprint density at radius 1 is 1.05 bits per heavy atom. The third kappa shape index (κ3) is 7.90. The van der Waals surface area contributed by atoms with Gasteiger partial charge in [0.2, 0.25) is 11.8 Å². The largest absolute Gasteiger partial charge is 0.474 e. The van der Waals surface area contributed by atoms with E-state index in [0.29, 0.717) is 19.0 Å². The Kier molecular flexibility index (Phi) is 8.87. The lowest BCUT2D eigenvalue weighted by Gasteiger charge is -2.35. The van der Waals surface area contributed by atoms with Crippen molar-refractivity contribution in [3.8, 4) is 5.88 Å². The Morgan fingerprint density at radius 2 is 1.76 bits per heavy atom. The third-order valence-electron chi connectivity index (χ3n) is 7.06. The first kappa shape index (κ1) is 27.8. The van der Waals surface area contributed by atoms with Crippen molar-refractivity contribution >= 4 is 17.7 Å². The Balaban J connectivity index is 1.21. The van der Waals surface area contributed by atoms with E-state index < -0.39 is 5.60 Å². The smallest absolute Gasteiger partial charge is 0.410 e. The van der Waals surface area contributed by atoms with Gasteiger partial charge in [-0.3, -0.25) is 9.69 Å². The van der Waals surface area contributed by atoms with Crippen molar-refractivity contribution in [1.82, 2.24) is 14.8 Å². The number of carbonyl (C=O) groups excluding carboxylic acids is 2. The molecule has 8 nitrogen and oxygen atoms in total. The first-order valence-corrected chi connectivity index (χ1v) is 13.4. The van der Waals surface area contributed by atoms with Crippen LogP contribution in [0.3, 0.4) is 0 Å². The molecule has 9 heteroatoms. The fraction of sp³-hybridized carbons (Fsp3) is 0.552. The molecule has 1 aliphatic carbocycles. The molecule has 1 aliphatic heterocycles. The monoisotopic (exact) mass is 526 g/mol. The van der Waals surface area contributed by atoms with Crippen LogP contribution in [-0.2, 0) is 16.1 Å². The summed E-state index contributed by atoms with van der Waals surface area (Å²) in [4.78, 5) is 33.3. The minimum absolute atomic E-state index is 0.00968. The van der Waals surface area contributed by atoms with Gasteiger partial charge in [0.05, 0.1) is 6.20 Å². The molecule has 1 saturated carbocycles. The number of ether oxygens (including phenoxy) is 2. The molecule has 4 rings (SSSR count). The number of carbonyl (C=O) groups is 2. The maximum atomic E-state index is 13.0. The number of rotatable bonds is 6. The van der Waals surface area contributed by atoms with E-state index in [1.807, 2.05) is 32.9 Å². The summed E-state index contributed by atoms with van der Waals surface area (Å²) in [5.41, 5.74) is 2.65. The van der Waals surface area contributed by atoms with Crippen LogP contribution in [0.4, 0.5) is 14.9 Å². The van der Waals surface area contributed by atoms with Gasteiger partial charge < -0.3 is 19.7 Å². The number of aryl methyl sites for hydroxylation is 1. The highest BCUT2D eigenvalue weighted by atomic mass is 19.1. The number of halogens is 1. The van der Waals surface area contributed by atoms with Crippen molar-refractivity contribution in [3.05, 3.63) is 53.5 Å². The topological polar surface area (TPSA) is 84.0 Å². The van der Waals surface area contributed by atoms with E-state index in [4.69, 9.17) is 9.47 Å². The number of hydrogen-bond acceptors (Lipinski definition) is 6. The van der Waals surface area contributed by atoms with Crippen molar-refractivity contribution in [1.29, 1.82) is 0 Å². The van der Waals surface area contributed by atoms with Crippen LogP contribution in [0, 0.1) is 18.7 Å². The van der Waals surface area contributed by atoms with Crippen LogP contribution in [0.1, 0.15) is 57.6 Å². The molecule has 0 spiro atoms. The van der Waals surface area contributed by atoms with Crippen LogP contribution in [0.2, 0.25) is 0 Å². The van der Waals surface area contributed by atoms with Gasteiger partial charge in [0, 0.05) is 50.4 Å². The summed E-state index contributed by atoms with van der Waals surface area (Å²) < 4.78 is 24.4. The van der Waals surface area contributed by atoms with Gasteiger partial charge in [-0.2, -0.15) is 0 Å². The third-order valence-corrected chi connectivity index (χ3v) is 7.06. The molecule has 2 heterocycles. The van der Waals surface area contributed by atoms with Crippen molar-refractivity contribution in [2.75, 3.05) is 31.5 Å². The number of anilines is 1. The Labute approximate surface area is 224 Å². The Hall–Kier alpha value is -3.20. The predicted octanol–water partition coefficient (Wildman–Crippen LogP) is 5.16. The molecule has 2 amide bonds. The fourth-order valence-electron chi connectivity index (χ4n) is 4.90. The molecule has 0 unspecified atom stereocenters. The molecule has 2 fully saturated rings. The summed E-state index contributed by atoms with van der Waals surface area (Å²) in [5.74, 6) is 0.00460. The normalized spacial score (nSPS) is 20.6. The summed E-state index contributed by atoms with van der Waals surface area (Å²) in [7, 11) is 0. The molecule has 38 heavy (non-hydrogen) atoms. The molecule has 0 bridgehead atoms. The molecule has 1 saturated heterocycles. The average molecular weight is 527 g/mol. The van der Waals surface area contributed by atoms with Gasteiger partial charge in [-0.05, 0) is 82.7 Å². The van der Waals surface area contributed by atoms with E-state index in [-0.39, 0.29) is 29.8 Å². The highest BCUT2D eigenvalue weighted by Crippen LogP contribution is 2.28. The number of hydrogen-bond donors (Lipinski definition) is 1. The summed E-state index contributed by atoms with van der Waals surface area (Å²) in [6.07, 6.45) is 3.89. The first-order valence-electron chi connectivity index (χ1n) is 13.4. The number of amides is 2. The second-order valence-electron chi connectivity index (χ2n) is 11.3. The predicted molar refractivity (Wildman–Crippen MR) is 143 cm³/mol. The molecule has 1 N–H and O–H groups in total. The van der Waals surface area contributed by atoms with Crippen LogP contribution < -0.4 is 10.1 Å². The number of nitrogens with one attached hydrogen (secondary N) is 1. The van der Waals surface area contributed by atoms with Crippen molar-refractivity contribution in [2.45, 2.75) is 71.6 Å². The molecule has 1 aromatic carbocycles. The van der Waals surface area contributed by atoms with Crippen molar-refractivity contribution < 1.29 is 23.5 Å². The summed E-state index contributed by atoms with van der Waals surface area (Å²) in [6.45, 7) is 11.4. The summed E-state index contributed by atoms with van der Waals surface area (Å²) >= 11 is 0. The minimum Gasteiger partial charge on any atom is -0.474 e. The van der Waals surface area contributed by atoms with E-state index >= 15 is 0 Å². The molecule has 1 aromatic heterocycles. The number of pyridine rings is 1. The zero-order valence-corrected chi connectivity index (χ0v) is 22.8. The van der Waals surface area contributed by atoms with Crippen LogP contribution >= 0.6 is 0 Å². The van der Waals surface area contributed by atoms with Crippen LogP contribution in [-0.4, -0.2) is 64.7 Å². The fourth-order valence-corrected chi connectivity index (χ4v) is 4.90. The maximum Gasteiger partial charge on any atom is 0.410 e. The molecule has 2 aromatic rings. The highest BCUT2D eigenvalue weighted by molar-refractivity contribution is 5.92. The van der Waals surface area contributed by atoms with Gasteiger partial charge in [0.15, 0.2) is 0 Å². The van der Waals surface area contributed by atoms with Gasteiger partial charge in [-0.15, -0.1) is 0 Å². The highest BCUT2D eigenvalue weighted by Gasteiger charge is 2.28. The number of nitrogens with zero attached hydrogens (tertiary/aromatic N) is 3. The van der Waals surface area contributed by atoms with Crippen molar-refractivity contribution in [3.63, 3.8) is 0 Å². The van der Waals surface area contributed by atoms with Crippen LogP contribution in [0.25, 0.3) is 0 Å². The molecular formula is C29H39FN4O4. The molecule has 0 atom stereocenters. The van der Waals surface area contributed by atoms with E-state index in [0.717, 1.165) is 62.8 Å². The van der Waals surface area contributed by atoms with E-state index in [9.17, 15) is 14.0 Å². The molecule has 0 radical (unpaired) electrons. The second kappa shape index (κ2) is 12.1. The Morgan fingerprint density at radius 3 is 2.37 bits per heavy atom. The Bertz CT molecular complexity index is 1100. The minimum atomic E-state index is -0.487. The summed E-state index contributed by atoms with van der Waals surface area (Å²) in [5, 5.41) is 3.09. The number of benzene rings is 1. The van der Waals surface area contributed by atoms with Crippen LogP contribution in [0.5, 0.6) is 5.88 Å². The van der Waals surface area contributed by atoms with Crippen molar-refractivity contribution in [2.24, 2.45) is 5.92 Å². The van der Waals surface area contributed by atoms with Gasteiger partial charge in [-0.25, -0.2) is 14.2 Å². The van der Waals surface area contributed by atoms with Gasteiger partial charge in [-0.1, -0.05) is 6.07 Å². The maximum absolute atomic E-state index is 13.0.